The van der Waals surface area contributed by atoms with Crippen LogP contribution in [0, 0.1) is 5.92 Å². The predicted octanol–water partition coefficient (Wildman–Crippen LogP) is 1.18. The molecule has 0 bridgehead atoms. The maximum atomic E-state index is 13.2. The third kappa shape index (κ3) is 3.88. The highest BCUT2D eigenvalue weighted by atomic mass is 16.3. The van der Waals surface area contributed by atoms with Crippen LogP contribution in [-0.2, 0) is 11.3 Å². The lowest BCUT2D eigenvalue weighted by Gasteiger charge is -2.42. The Kier molecular flexibility index (Phi) is 6.26. The number of likely N-dealkylation sites (tertiary alicyclic amines) is 1. The third-order valence-corrected chi connectivity index (χ3v) is 5.79. The minimum Gasteiger partial charge on any atom is -0.396 e. The number of aryl methyl sites for hydroxylation is 1. The van der Waals surface area contributed by atoms with Crippen LogP contribution in [0.2, 0.25) is 0 Å². The number of nitrogens with zero attached hydrogens (tertiary/aromatic N) is 5. The van der Waals surface area contributed by atoms with Crippen molar-refractivity contribution >= 4 is 17.8 Å². The summed E-state index contributed by atoms with van der Waals surface area (Å²) in [6, 6.07) is -0.277. The van der Waals surface area contributed by atoms with Crippen molar-refractivity contribution in [2.75, 3.05) is 32.8 Å². The average molecular weight is 405 g/mol. The number of aromatic nitrogens is 2. The van der Waals surface area contributed by atoms with E-state index in [2.05, 4.69) is 5.10 Å². The van der Waals surface area contributed by atoms with Gasteiger partial charge in [0.15, 0.2) is 0 Å². The third-order valence-electron chi connectivity index (χ3n) is 5.79. The molecular weight excluding hydrogens is 374 g/mol. The minimum absolute atomic E-state index is 0.0675. The SMILES string of the molecule is CCn1cc(C(=O)N2CCC3(CC2)C(=O)N(CCCO)C(=O)N3CC(C)C)cn1. The van der Waals surface area contributed by atoms with Gasteiger partial charge in [0, 0.05) is 45.5 Å². The molecule has 2 fully saturated rings. The van der Waals surface area contributed by atoms with Gasteiger partial charge in [-0.05, 0) is 32.1 Å². The molecule has 9 heteroatoms. The highest BCUT2D eigenvalue weighted by molar-refractivity contribution is 6.07. The first-order valence-electron chi connectivity index (χ1n) is 10.4. The lowest BCUT2D eigenvalue weighted by atomic mass is 9.85. The molecule has 0 radical (unpaired) electrons. The second-order valence-corrected chi connectivity index (χ2v) is 8.23. The number of imide groups is 1. The summed E-state index contributed by atoms with van der Waals surface area (Å²) in [5.74, 6) is -0.0627. The van der Waals surface area contributed by atoms with Crippen LogP contribution in [0.15, 0.2) is 12.4 Å². The molecule has 0 atom stereocenters. The van der Waals surface area contributed by atoms with E-state index in [1.807, 2.05) is 20.8 Å². The topological polar surface area (TPSA) is 99.0 Å². The van der Waals surface area contributed by atoms with Crippen LogP contribution in [-0.4, -0.2) is 85.8 Å². The molecule has 0 aromatic carbocycles. The van der Waals surface area contributed by atoms with Crippen molar-refractivity contribution in [1.29, 1.82) is 0 Å². The fraction of sp³-hybridized carbons (Fsp3) is 0.700. The second-order valence-electron chi connectivity index (χ2n) is 8.23. The van der Waals surface area contributed by atoms with Crippen molar-refractivity contribution in [3.63, 3.8) is 0 Å². The number of carbonyl (C=O) groups excluding carboxylic acids is 3. The molecule has 0 saturated carbocycles. The number of aliphatic hydroxyl groups excluding tert-OH is 1. The van der Waals surface area contributed by atoms with E-state index in [4.69, 9.17) is 5.11 Å². The summed E-state index contributed by atoms with van der Waals surface area (Å²) >= 11 is 0. The van der Waals surface area contributed by atoms with Gasteiger partial charge < -0.3 is 14.9 Å². The number of aliphatic hydroxyl groups is 1. The zero-order valence-corrected chi connectivity index (χ0v) is 17.5. The van der Waals surface area contributed by atoms with Gasteiger partial charge in [0.1, 0.15) is 5.54 Å². The standard InChI is InChI=1S/C20H31N5O4/c1-4-23-14-16(12-21-23)17(27)22-9-6-20(7-10-22)18(28)24(8-5-11-26)19(29)25(20)13-15(2)3/h12,14-15,26H,4-11,13H2,1-3H3. The molecule has 3 heterocycles. The molecule has 2 aliphatic rings. The first-order chi connectivity index (χ1) is 13.8. The van der Waals surface area contributed by atoms with Crippen LogP contribution in [0.25, 0.3) is 0 Å². The summed E-state index contributed by atoms with van der Waals surface area (Å²) in [5.41, 5.74) is -0.346. The second kappa shape index (κ2) is 8.52. The van der Waals surface area contributed by atoms with Gasteiger partial charge >= 0.3 is 6.03 Å². The van der Waals surface area contributed by atoms with Crippen molar-refractivity contribution < 1.29 is 19.5 Å². The molecule has 29 heavy (non-hydrogen) atoms. The quantitative estimate of drug-likeness (QED) is 0.687. The van der Waals surface area contributed by atoms with Gasteiger partial charge in [-0.2, -0.15) is 5.10 Å². The average Bonchev–Trinajstić information content (AvgIpc) is 3.26. The zero-order valence-electron chi connectivity index (χ0n) is 17.5. The van der Waals surface area contributed by atoms with Crippen LogP contribution in [0.4, 0.5) is 4.79 Å². The summed E-state index contributed by atoms with van der Waals surface area (Å²) in [6.45, 7) is 8.18. The van der Waals surface area contributed by atoms with E-state index in [1.54, 1.807) is 26.9 Å². The van der Waals surface area contributed by atoms with Crippen LogP contribution in [0.5, 0.6) is 0 Å². The molecule has 160 valence electrons. The Bertz CT molecular complexity index is 767. The number of hydrogen-bond acceptors (Lipinski definition) is 5. The Labute approximate surface area is 171 Å². The maximum absolute atomic E-state index is 13.2. The molecule has 1 spiro atoms. The molecule has 3 rings (SSSR count). The highest BCUT2D eigenvalue weighted by Gasteiger charge is 2.57. The molecule has 2 aliphatic heterocycles. The van der Waals surface area contributed by atoms with Gasteiger partial charge in [-0.25, -0.2) is 4.79 Å². The molecule has 2 saturated heterocycles. The fourth-order valence-corrected chi connectivity index (χ4v) is 4.22. The molecule has 0 unspecified atom stereocenters. The molecule has 9 nitrogen and oxygen atoms in total. The van der Waals surface area contributed by atoms with E-state index >= 15 is 0 Å². The minimum atomic E-state index is -0.888. The molecule has 4 amide bonds. The van der Waals surface area contributed by atoms with Crippen molar-refractivity contribution in [2.45, 2.75) is 52.1 Å². The smallest absolute Gasteiger partial charge is 0.327 e. The summed E-state index contributed by atoms with van der Waals surface area (Å²) < 4.78 is 1.71. The van der Waals surface area contributed by atoms with E-state index in [0.29, 0.717) is 51.0 Å². The predicted molar refractivity (Wildman–Crippen MR) is 106 cm³/mol. The van der Waals surface area contributed by atoms with Gasteiger partial charge in [0.05, 0.1) is 11.8 Å². The van der Waals surface area contributed by atoms with Crippen molar-refractivity contribution in [2.24, 2.45) is 5.92 Å². The number of hydrogen-bond donors (Lipinski definition) is 1. The number of carbonyl (C=O) groups is 3. The van der Waals surface area contributed by atoms with Gasteiger partial charge in [0.2, 0.25) is 0 Å². The van der Waals surface area contributed by atoms with Gasteiger partial charge in [-0.3, -0.25) is 19.2 Å². The highest BCUT2D eigenvalue weighted by Crippen LogP contribution is 2.38. The van der Waals surface area contributed by atoms with E-state index in [0.717, 1.165) is 0 Å². The van der Waals surface area contributed by atoms with Crippen molar-refractivity contribution in [1.82, 2.24) is 24.5 Å². The lowest BCUT2D eigenvalue weighted by molar-refractivity contribution is -0.135. The Morgan fingerprint density at radius 3 is 2.52 bits per heavy atom. The fourth-order valence-electron chi connectivity index (χ4n) is 4.22. The summed E-state index contributed by atoms with van der Waals surface area (Å²) in [7, 11) is 0. The summed E-state index contributed by atoms with van der Waals surface area (Å²) in [5, 5.41) is 13.3. The van der Waals surface area contributed by atoms with Crippen molar-refractivity contribution in [3.05, 3.63) is 18.0 Å². The summed E-state index contributed by atoms with van der Waals surface area (Å²) in [4.78, 5) is 43.7. The Morgan fingerprint density at radius 2 is 1.97 bits per heavy atom. The maximum Gasteiger partial charge on any atom is 0.327 e. The Hall–Kier alpha value is -2.42. The Balaban J connectivity index is 1.77. The van der Waals surface area contributed by atoms with E-state index in [1.165, 1.54) is 4.90 Å². The monoisotopic (exact) mass is 405 g/mol. The van der Waals surface area contributed by atoms with Gasteiger partial charge in [0.25, 0.3) is 11.8 Å². The van der Waals surface area contributed by atoms with Crippen LogP contribution in [0.1, 0.15) is 50.4 Å². The van der Waals surface area contributed by atoms with E-state index in [9.17, 15) is 14.4 Å². The lowest BCUT2D eigenvalue weighted by Crippen LogP contribution is -2.58. The largest absolute Gasteiger partial charge is 0.396 e. The first-order valence-corrected chi connectivity index (χ1v) is 10.4. The van der Waals surface area contributed by atoms with Gasteiger partial charge in [-0.1, -0.05) is 13.8 Å². The molecule has 1 aromatic heterocycles. The van der Waals surface area contributed by atoms with Crippen LogP contribution in [0.3, 0.4) is 0 Å². The number of urea groups is 1. The molecule has 1 aromatic rings. The number of amides is 4. The first kappa shape index (κ1) is 21.3. The summed E-state index contributed by atoms with van der Waals surface area (Å²) in [6.07, 6.45) is 4.52. The Morgan fingerprint density at radius 1 is 1.28 bits per heavy atom. The van der Waals surface area contributed by atoms with E-state index < -0.39 is 5.54 Å². The van der Waals surface area contributed by atoms with Crippen molar-refractivity contribution in [3.8, 4) is 0 Å². The molecule has 0 aliphatic carbocycles. The van der Waals surface area contributed by atoms with Crippen LogP contribution >= 0.6 is 0 Å². The van der Waals surface area contributed by atoms with Gasteiger partial charge in [-0.15, -0.1) is 0 Å². The number of piperidine rings is 1. The molecular formula is C20H31N5O4. The van der Waals surface area contributed by atoms with E-state index in [-0.39, 0.29) is 36.9 Å². The normalized spacial score (nSPS) is 19.1. The zero-order chi connectivity index (χ0) is 21.2. The molecule has 1 N–H and O–H groups in total. The number of rotatable bonds is 7. The van der Waals surface area contributed by atoms with Crippen LogP contribution < -0.4 is 0 Å².